The van der Waals surface area contributed by atoms with Crippen LogP contribution in [0.1, 0.15) is 200 Å². The largest absolute Gasteiger partial charge is 0.756 e. The second-order valence-electron chi connectivity index (χ2n) is 16.1. The predicted molar refractivity (Wildman–Crippen MR) is 222 cm³/mol. The summed E-state index contributed by atoms with van der Waals surface area (Å²) in [7, 11) is 1.33. The van der Waals surface area contributed by atoms with Crippen LogP contribution in [0.3, 0.4) is 0 Å². The number of esters is 1. The van der Waals surface area contributed by atoms with Gasteiger partial charge in [-0.15, -0.1) is 0 Å². The maximum atomic E-state index is 12.7. The van der Waals surface area contributed by atoms with Crippen LogP contribution in [0, 0.1) is 0 Å². The van der Waals surface area contributed by atoms with Gasteiger partial charge in [0.05, 0.1) is 34.0 Å². The Hall–Kier alpha value is -1.18. The molecule has 0 aromatic rings. The quantitative estimate of drug-likeness (QED) is 0.0152. The van der Waals surface area contributed by atoms with Crippen molar-refractivity contribution in [1.82, 2.24) is 0 Å². The van der Waals surface area contributed by atoms with Gasteiger partial charge < -0.3 is 27.9 Å². The molecule has 0 aromatic heterocycles. The number of hydrogen-bond donors (Lipinski definition) is 0. The van der Waals surface area contributed by atoms with Gasteiger partial charge in [0, 0.05) is 6.42 Å². The molecule has 0 N–H and O–H groups in total. The fraction of sp³-hybridized carbons (Fsp3) is 0.886. The minimum absolute atomic E-state index is 0.0179. The number of likely N-dealkylation sites (N-methyl/N-ethyl adjacent to an activating group) is 1. The van der Waals surface area contributed by atoms with Crippen molar-refractivity contribution in [1.29, 1.82) is 0 Å². The first kappa shape index (κ1) is 51.8. The van der Waals surface area contributed by atoms with E-state index in [2.05, 4.69) is 26.0 Å². The van der Waals surface area contributed by atoms with E-state index in [1.54, 1.807) is 6.26 Å². The van der Waals surface area contributed by atoms with E-state index in [9.17, 15) is 14.3 Å². The Morgan fingerprint density at radius 1 is 0.585 bits per heavy atom. The van der Waals surface area contributed by atoms with E-state index in [0.29, 0.717) is 17.4 Å². The number of allylic oxidation sites excluding steroid dienone is 3. The number of carbonyl (C=O) groups excluding carboxylic acids is 1. The second-order valence-corrected chi connectivity index (χ2v) is 17.5. The van der Waals surface area contributed by atoms with Crippen molar-refractivity contribution in [3.8, 4) is 0 Å². The van der Waals surface area contributed by atoms with E-state index in [-0.39, 0.29) is 25.8 Å². The van der Waals surface area contributed by atoms with E-state index < -0.39 is 13.9 Å². The molecule has 0 bridgehead atoms. The van der Waals surface area contributed by atoms with E-state index in [0.717, 1.165) is 32.1 Å². The fourth-order valence-corrected chi connectivity index (χ4v) is 6.82. The molecule has 0 aliphatic carbocycles. The van der Waals surface area contributed by atoms with Crippen LogP contribution in [0.2, 0.25) is 0 Å². The summed E-state index contributed by atoms with van der Waals surface area (Å²) in [4.78, 5) is 25.0. The highest BCUT2D eigenvalue weighted by Crippen LogP contribution is 2.38. The zero-order chi connectivity index (χ0) is 39.1. The number of hydrogen-bond acceptors (Lipinski definition) is 7. The Labute approximate surface area is 328 Å². The molecule has 53 heavy (non-hydrogen) atoms. The van der Waals surface area contributed by atoms with Gasteiger partial charge in [-0.2, -0.15) is 0 Å². The lowest BCUT2D eigenvalue weighted by molar-refractivity contribution is -0.870. The van der Waals surface area contributed by atoms with Gasteiger partial charge in [-0.1, -0.05) is 161 Å². The smallest absolute Gasteiger partial charge is 0.306 e. The number of quaternary nitrogens is 1. The first-order chi connectivity index (χ1) is 25.6. The highest BCUT2D eigenvalue weighted by Gasteiger charge is 2.20. The van der Waals surface area contributed by atoms with Gasteiger partial charge in [0.25, 0.3) is 7.82 Å². The van der Waals surface area contributed by atoms with Gasteiger partial charge in [0.15, 0.2) is 6.10 Å². The average Bonchev–Trinajstić information content (AvgIpc) is 3.11. The minimum Gasteiger partial charge on any atom is -0.756 e. The molecule has 0 spiro atoms. The predicted octanol–water partition coefficient (Wildman–Crippen LogP) is 12.5. The van der Waals surface area contributed by atoms with Crippen molar-refractivity contribution >= 4 is 13.8 Å². The van der Waals surface area contributed by atoms with Crippen LogP contribution in [0.15, 0.2) is 24.5 Å². The van der Waals surface area contributed by atoms with Gasteiger partial charge in [-0.05, 0) is 51.0 Å². The Bertz CT molecular complexity index is 905. The highest BCUT2D eigenvalue weighted by molar-refractivity contribution is 7.45. The van der Waals surface area contributed by atoms with Gasteiger partial charge >= 0.3 is 5.97 Å². The first-order valence-electron chi connectivity index (χ1n) is 22.1. The first-order valence-corrected chi connectivity index (χ1v) is 23.6. The lowest BCUT2D eigenvalue weighted by atomic mass is 10.0. The number of phosphoric acid groups is 1. The van der Waals surface area contributed by atoms with Gasteiger partial charge in [-0.3, -0.25) is 9.36 Å². The highest BCUT2D eigenvalue weighted by atomic mass is 31.2. The molecule has 0 saturated carbocycles. The molecule has 0 amide bonds. The summed E-state index contributed by atoms with van der Waals surface area (Å²) in [5.41, 5.74) is 0. The summed E-state index contributed by atoms with van der Waals surface area (Å²) in [6.07, 6.45) is 42.8. The van der Waals surface area contributed by atoms with Crippen molar-refractivity contribution in [2.75, 3.05) is 47.5 Å². The molecule has 0 saturated heterocycles. The van der Waals surface area contributed by atoms with Gasteiger partial charge in [-0.25, -0.2) is 0 Å². The molecule has 2 atom stereocenters. The zero-order valence-electron chi connectivity index (χ0n) is 35.5. The van der Waals surface area contributed by atoms with Gasteiger partial charge in [0.1, 0.15) is 19.8 Å². The topological polar surface area (TPSA) is 94.1 Å². The SMILES string of the molecule is CCCCCC/C=C/CCCCCCCCCCCC(=O)O[C@H](CO/C=C/CCCCCCCCCCCCCC)COP(=O)([O-])OCC[N+](C)(C)C. The van der Waals surface area contributed by atoms with Crippen molar-refractivity contribution in [3.05, 3.63) is 24.5 Å². The van der Waals surface area contributed by atoms with E-state index in [4.69, 9.17) is 18.5 Å². The summed E-state index contributed by atoms with van der Waals surface area (Å²) >= 11 is 0. The normalized spacial score (nSPS) is 13.9. The maximum absolute atomic E-state index is 12.7. The Morgan fingerprint density at radius 2 is 1.00 bits per heavy atom. The van der Waals surface area contributed by atoms with Crippen molar-refractivity contribution in [2.45, 2.75) is 206 Å². The third-order valence-electron chi connectivity index (χ3n) is 9.57. The van der Waals surface area contributed by atoms with Crippen molar-refractivity contribution in [3.63, 3.8) is 0 Å². The maximum Gasteiger partial charge on any atom is 0.306 e. The number of ether oxygens (including phenoxy) is 2. The second kappa shape index (κ2) is 37.7. The standard InChI is InChI=1S/C44H86NO7P/c1-6-8-10-12-14-16-18-20-22-23-24-25-27-29-31-33-35-37-44(46)52-43(42-51-53(47,48)50-40-38-45(3,4)5)41-49-39-36-34-32-30-28-26-21-19-17-15-13-11-9-7-2/h16,18,36,39,43H,6-15,17,19-35,37-38,40-42H2,1-5H3/b18-16+,39-36+/t43-/m1/s1. The van der Waals surface area contributed by atoms with E-state index >= 15 is 0 Å². The monoisotopic (exact) mass is 772 g/mol. The van der Waals surface area contributed by atoms with Crippen LogP contribution in [0.25, 0.3) is 0 Å². The minimum atomic E-state index is -4.54. The molecule has 9 heteroatoms. The third-order valence-corrected chi connectivity index (χ3v) is 10.5. The molecular formula is C44H86NO7P. The summed E-state index contributed by atoms with van der Waals surface area (Å²) < 4.78 is 34.3. The number of carbonyl (C=O) groups is 1. The summed E-state index contributed by atoms with van der Waals surface area (Å²) in [5.74, 6) is -0.357. The Kier molecular flexibility index (Phi) is 36.9. The zero-order valence-corrected chi connectivity index (χ0v) is 36.4. The van der Waals surface area contributed by atoms with Crippen LogP contribution in [0.4, 0.5) is 0 Å². The number of rotatable bonds is 41. The number of phosphoric ester groups is 1. The molecule has 0 aliphatic heterocycles. The van der Waals surface area contributed by atoms with E-state index in [1.165, 1.54) is 148 Å². The number of nitrogens with zero attached hydrogens (tertiary/aromatic N) is 1. The van der Waals surface area contributed by atoms with Crippen LogP contribution >= 0.6 is 7.82 Å². The fourth-order valence-electron chi connectivity index (χ4n) is 6.09. The Morgan fingerprint density at radius 3 is 1.47 bits per heavy atom. The molecule has 314 valence electrons. The summed E-state index contributed by atoms with van der Waals surface area (Å²) in [6, 6.07) is 0. The number of unbranched alkanes of at least 4 members (excludes halogenated alkanes) is 25. The van der Waals surface area contributed by atoms with E-state index in [1.807, 2.05) is 27.2 Å². The molecule has 8 nitrogen and oxygen atoms in total. The lowest BCUT2D eigenvalue weighted by Crippen LogP contribution is -2.37. The van der Waals surface area contributed by atoms with Crippen LogP contribution < -0.4 is 4.89 Å². The molecule has 0 aromatic carbocycles. The van der Waals surface area contributed by atoms with Crippen molar-refractivity contribution < 1.29 is 37.3 Å². The summed E-state index contributed by atoms with van der Waals surface area (Å²) in [5, 5.41) is 0. The molecule has 0 fully saturated rings. The van der Waals surface area contributed by atoms with Gasteiger partial charge in [0.2, 0.25) is 0 Å². The van der Waals surface area contributed by atoms with Crippen LogP contribution in [0.5, 0.6) is 0 Å². The molecular weight excluding hydrogens is 685 g/mol. The molecule has 0 heterocycles. The molecule has 0 aliphatic rings. The van der Waals surface area contributed by atoms with Crippen molar-refractivity contribution in [2.24, 2.45) is 0 Å². The van der Waals surface area contributed by atoms with Crippen LogP contribution in [-0.2, 0) is 27.9 Å². The Balaban J connectivity index is 4.26. The molecule has 1 unspecified atom stereocenters. The molecule has 0 rings (SSSR count). The molecule has 0 radical (unpaired) electrons. The summed E-state index contributed by atoms with van der Waals surface area (Å²) in [6.45, 7) is 4.74. The average molecular weight is 772 g/mol. The lowest BCUT2D eigenvalue weighted by Gasteiger charge is -2.28. The third kappa shape index (κ3) is 41.8. The van der Waals surface area contributed by atoms with Crippen LogP contribution in [-0.4, -0.2) is 64.1 Å².